The Labute approximate surface area is 174 Å². The molecule has 1 N–H and O–H groups in total. The van der Waals surface area contributed by atoms with Crippen molar-refractivity contribution in [2.75, 3.05) is 49.5 Å². The van der Waals surface area contributed by atoms with Gasteiger partial charge in [-0.15, -0.1) is 0 Å². The van der Waals surface area contributed by atoms with Crippen molar-refractivity contribution in [1.29, 1.82) is 0 Å². The van der Waals surface area contributed by atoms with Crippen LogP contribution in [0.2, 0.25) is 0 Å². The Hall–Kier alpha value is -3.49. The number of piperazine rings is 1. The molecular weight excluding hydrogens is 384 g/mol. The topological polar surface area (TPSA) is 98.7 Å². The first-order chi connectivity index (χ1) is 14.5. The smallest absolute Gasteiger partial charge is 0.262 e. The number of rotatable bonds is 5. The summed E-state index contributed by atoms with van der Waals surface area (Å²) in [7, 11) is 0. The van der Waals surface area contributed by atoms with Crippen molar-refractivity contribution in [1.82, 2.24) is 19.8 Å². The van der Waals surface area contributed by atoms with E-state index in [0.29, 0.717) is 43.3 Å². The van der Waals surface area contributed by atoms with Crippen LogP contribution in [0, 0.1) is 6.92 Å². The molecule has 1 aromatic heterocycles. The molecule has 0 spiro atoms. The van der Waals surface area contributed by atoms with Gasteiger partial charge in [0, 0.05) is 44.5 Å². The van der Waals surface area contributed by atoms with Crippen LogP contribution in [0.1, 0.15) is 33.3 Å². The van der Waals surface area contributed by atoms with E-state index in [1.807, 2.05) is 24.8 Å². The van der Waals surface area contributed by atoms with E-state index in [1.54, 1.807) is 29.2 Å². The van der Waals surface area contributed by atoms with Gasteiger partial charge in [-0.2, -0.15) is 4.98 Å². The maximum absolute atomic E-state index is 12.8. The van der Waals surface area contributed by atoms with Gasteiger partial charge < -0.3 is 15.1 Å². The maximum Gasteiger partial charge on any atom is 0.262 e. The molecule has 0 bridgehead atoms. The van der Waals surface area contributed by atoms with Crippen LogP contribution in [0.5, 0.6) is 0 Å². The van der Waals surface area contributed by atoms with Gasteiger partial charge in [-0.1, -0.05) is 12.1 Å². The molecule has 0 unspecified atom stereocenters. The van der Waals surface area contributed by atoms with Crippen molar-refractivity contribution in [3.63, 3.8) is 0 Å². The molecular formula is C21H24N6O3. The lowest BCUT2D eigenvalue weighted by Crippen LogP contribution is -2.52. The summed E-state index contributed by atoms with van der Waals surface area (Å²) >= 11 is 0. The zero-order valence-corrected chi connectivity index (χ0v) is 17.1. The number of amides is 3. The molecule has 2 aromatic rings. The average Bonchev–Trinajstić information content (AvgIpc) is 2.99. The summed E-state index contributed by atoms with van der Waals surface area (Å²) in [6.07, 6.45) is 0. The molecule has 1 saturated heterocycles. The van der Waals surface area contributed by atoms with Crippen LogP contribution < -0.4 is 10.2 Å². The van der Waals surface area contributed by atoms with E-state index in [-0.39, 0.29) is 12.5 Å². The van der Waals surface area contributed by atoms with Crippen molar-refractivity contribution >= 4 is 29.5 Å². The molecule has 0 radical (unpaired) electrons. The number of fused-ring (bicyclic) bond motifs is 1. The van der Waals surface area contributed by atoms with Crippen molar-refractivity contribution < 1.29 is 14.4 Å². The number of nitrogens with zero attached hydrogens (tertiary/aromatic N) is 5. The molecule has 1 aromatic carbocycles. The minimum absolute atomic E-state index is 0.234. The Balaban J connectivity index is 1.38. The number of carbonyl (C=O) groups is 3. The van der Waals surface area contributed by atoms with E-state index in [1.165, 1.54) is 0 Å². The largest absolute Gasteiger partial charge is 0.370 e. The van der Waals surface area contributed by atoms with Crippen LogP contribution in [0.15, 0.2) is 30.3 Å². The highest BCUT2D eigenvalue weighted by molar-refractivity contribution is 6.22. The van der Waals surface area contributed by atoms with Crippen LogP contribution in [0.25, 0.3) is 0 Å². The number of carbonyl (C=O) groups excluding carboxylic acids is 3. The quantitative estimate of drug-likeness (QED) is 0.741. The summed E-state index contributed by atoms with van der Waals surface area (Å²) in [4.78, 5) is 51.5. The molecule has 9 nitrogen and oxygen atoms in total. The Kier molecular flexibility index (Phi) is 5.35. The SMILES string of the molecule is CCNc1cc(C)nc(N2CCN(C(=O)CN3C(=O)c4ccccc4C3=O)CC2)n1. The van der Waals surface area contributed by atoms with Gasteiger partial charge in [0.2, 0.25) is 11.9 Å². The molecule has 0 saturated carbocycles. The molecule has 0 aliphatic carbocycles. The number of nitrogens with one attached hydrogen (secondary N) is 1. The lowest BCUT2D eigenvalue weighted by Gasteiger charge is -2.35. The highest BCUT2D eigenvalue weighted by atomic mass is 16.2. The summed E-state index contributed by atoms with van der Waals surface area (Å²) in [6.45, 7) is 6.61. The van der Waals surface area contributed by atoms with Gasteiger partial charge in [-0.25, -0.2) is 4.98 Å². The molecule has 1 fully saturated rings. The molecule has 30 heavy (non-hydrogen) atoms. The second kappa shape index (κ2) is 8.10. The summed E-state index contributed by atoms with van der Waals surface area (Å²) < 4.78 is 0. The van der Waals surface area contributed by atoms with Crippen LogP contribution in [-0.2, 0) is 4.79 Å². The zero-order chi connectivity index (χ0) is 21.3. The lowest BCUT2D eigenvalue weighted by molar-refractivity contribution is -0.131. The highest BCUT2D eigenvalue weighted by Crippen LogP contribution is 2.22. The number of aromatic nitrogens is 2. The van der Waals surface area contributed by atoms with Gasteiger partial charge in [0.1, 0.15) is 12.4 Å². The number of hydrogen-bond donors (Lipinski definition) is 1. The third-order valence-electron chi connectivity index (χ3n) is 5.29. The summed E-state index contributed by atoms with van der Waals surface area (Å²) in [6, 6.07) is 8.55. The minimum Gasteiger partial charge on any atom is -0.370 e. The Morgan fingerprint density at radius 3 is 2.27 bits per heavy atom. The molecule has 3 heterocycles. The minimum atomic E-state index is -0.410. The predicted octanol–water partition coefficient (Wildman–Crippen LogP) is 1.16. The van der Waals surface area contributed by atoms with E-state index in [0.717, 1.165) is 23.0 Å². The molecule has 156 valence electrons. The second-order valence-corrected chi connectivity index (χ2v) is 7.33. The Morgan fingerprint density at radius 1 is 1.03 bits per heavy atom. The molecule has 0 atom stereocenters. The second-order valence-electron chi connectivity index (χ2n) is 7.33. The van der Waals surface area contributed by atoms with Crippen molar-refractivity contribution in [3.8, 4) is 0 Å². The van der Waals surface area contributed by atoms with Gasteiger partial charge in [0.25, 0.3) is 11.8 Å². The standard InChI is InChI=1S/C21H24N6O3/c1-3-22-17-12-14(2)23-21(24-17)26-10-8-25(9-11-26)18(28)13-27-19(29)15-6-4-5-7-16(15)20(27)30/h4-7,12H,3,8-11,13H2,1-2H3,(H,22,23,24). The number of imide groups is 1. The fourth-order valence-corrected chi connectivity index (χ4v) is 3.74. The summed E-state index contributed by atoms with van der Waals surface area (Å²) in [5.74, 6) is 0.364. The number of anilines is 2. The number of hydrogen-bond acceptors (Lipinski definition) is 7. The van der Waals surface area contributed by atoms with E-state index in [9.17, 15) is 14.4 Å². The first-order valence-electron chi connectivity index (χ1n) is 10.1. The first kappa shape index (κ1) is 19.8. The Bertz CT molecular complexity index is 965. The van der Waals surface area contributed by atoms with Gasteiger partial charge in [-0.3, -0.25) is 19.3 Å². The normalized spacial score (nSPS) is 16.1. The van der Waals surface area contributed by atoms with Gasteiger partial charge >= 0.3 is 0 Å². The number of benzene rings is 1. The molecule has 2 aliphatic rings. The molecule has 2 aliphatic heterocycles. The van der Waals surface area contributed by atoms with E-state index in [2.05, 4.69) is 15.3 Å². The van der Waals surface area contributed by atoms with Crippen LogP contribution >= 0.6 is 0 Å². The predicted molar refractivity (Wildman–Crippen MR) is 112 cm³/mol. The monoisotopic (exact) mass is 408 g/mol. The highest BCUT2D eigenvalue weighted by Gasteiger charge is 2.37. The third kappa shape index (κ3) is 3.70. The zero-order valence-electron chi connectivity index (χ0n) is 17.1. The van der Waals surface area contributed by atoms with E-state index < -0.39 is 11.8 Å². The van der Waals surface area contributed by atoms with Crippen LogP contribution in [0.4, 0.5) is 11.8 Å². The molecule has 9 heteroatoms. The first-order valence-corrected chi connectivity index (χ1v) is 10.1. The molecule has 3 amide bonds. The third-order valence-corrected chi connectivity index (χ3v) is 5.29. The van der Waals surface area contributed by atoms with Crippen LogP contribution in [0.3, 0.4) is 0 Å². The fraction of sp³-hybridized carbons (Fsp3) is 0.381. The van der Waals surface area contributed by atoms with Crippen molar-refractivity contribution in [2.45, 2.75) is 13.8 Å². The van der Waals surface area contributed by atoms with Gasteiger partial charge in [0.15, 0.2) is 0 Å². The lowest BCUT2D eigenvalue weighted by atomic mass is 10.1. The summed E-state index contributed by atoms with van der Waals surface area (Å²) in [5, 5.41) is 3.20. The molecule has 4 rings (SSSR count). The fourth-order valence-electron chi connectivity index (χ4n) is 3.74. The van der Waals surface area contributed by atoms with E-state index in [4.69, 9.17) is 0 Å². The van der Waals surface area contributed by atoms with Crippen molar-refractivity contribution in [3.05, 3.63) is 47.2 Å². The van der Waals surface area contributed by atoms with Crippen LogP contribution in [-0.4, -0.2) is 76.8 Å². The van der Waals surface area contributed by atoms with Crippen molar-refractivity contribution in [2.24, 2.45) is 0 Å². The summed E-state index contributed by atoms with van der Waals surface area (Å²) in [5.41, 5.74) is 1.58. The van der Waals surface area contributed by atoms with E-state index >= 15 is 0 Å². The van der Waals surface area contributed by atoms with Gasteiger partial charge in [0.05, 0.1) is 11.1 Å². The number of aryl methyl sites for hydroxylation is 1. The van der Waals surface area contributed by atoms with Gasteiger partial charge in [-0.05, 0) is 26.0 Å². The Morgan fingerprint density at radius 2 is 1.67 bits per heavy atom. The average molecular weight is 408 g/mol. The maximum atomic E-state index is 12.8.